The van der Waals surface area contributed by atoms with E-state index in [1.54, 1.807) is 24.3 Å². The van der Waals surface area contributed by atoms with Gasteiger partial charge in [0.1, 0.15) is 12.3 Å². The van der Waals surface area contributed by atoms with Crippen molar-refractivity contribution in [3.8, 4) is 5.75 Å². The number of rotatable bonds is 11. The van der Waals surface area contributed by atoms with Crippen molar-refractivity contribution in [3.05, 3.63) is 59.7 Å². The molecule has 0 aliphatic carbocycles. The Morgan fingerprint density at radius 1 is 1.18 bits per heavy atom. The van der Waals surface area contributed by atoms with Crippen molar-refractivity contribution in [2.75, 3.05) is 36.9 Å². The van der Waals surface area contributed by atoms with Gasteiger partial charge in [-0.3, -0.25) is 13.9 Å². The molecule has 206 valence electrons. The fourth-order valence-corrected chi connectivity index (χ4v) is 4.31. The van der Waals surface area contributed by atoms with E-state index in [0.717, 1.165) is 37.3 Å². The second-order valence-electron chi connectivity index (χ2n) is 8.41. The minimum Gasteiger partial charge on any atom is -0.484 e. The highest BCUT2D eigenvalue weighted by Gasteiger charge is 2.32. The molecule has 0 spiro atoms. The molecule has 0 radical (unpaired) electrons. The lowest BCUT2D eigenvalue weighted by atomic mass is 10.2. The lowest BCUT2D eigenvalue weighted by Gasteiger charge is -2.22. The number of carbonyl (C=O) groups is 2. The largest absolute Gasteiger partial charge is 0.484 e. The van der Waals surface area contributed by atoms with Crippen molar-refractivity contribution in [2.24, 2.45) is 5.10 Å². The minimum atomic E-state index is -4.68. The lowest BCUT2D eigenvalue weighted by Crippen LogP contribution is -2.39. The van der Waals surface area contributed by atoms with Crippen LogP contribution >= 0.6 is 0 Å². The molecule has 2 N–H and O–H groups in total. The van der Waals surface area contributed by atoms with Crippen LogP contribution in [-0.2, 0) is 30.5 Å². The molecule has 14 heteroatoms. The first-order chi connectivity index (χ1) is 17.9. The van der Waals surface area contributed by atoms with Gasteiger partial charge in [0.05, 0.1) is 29.8 Å². The van der Waals surface area contributed by atoms with Gasteiger partial charge in [-0.15, -0.1) is 0 Å². The van der Waals surface area contributed by atoms with Gasteiger partial charge in [-0.1, -0.05) is 6.07 Å². The van der Waals surface area contributed by atoms with E-state index in [1.807, 2.05) is 0 Å². The second kappa shape index (κ2) is 12.7. The van der Waals surface area contributed by atoms with Crippen LogP contribution in [0, 0.1) is 0 Å². The lowest BCUT2D eigenvalue weighted by molar-refractivity contribution is -0.137. The average Bonchev–Trinajstić information content (AvgIpc) is 3.38. The van der Waals surface area contributed by atoms with Gasteiger partial charge >= 0.3 is 6.18 Å². The molecule has 3 rings (SSSR count). The first kappa shape index (κ1) is 28.9. The molecule has 0 aromatic heterocycles. The van der Waals surface area contributed by atoms with Crippen molar-refractivity contribution in [3.63, 3.8) is 0 Å². The Balaban J connectivity index is 1.50. The number of halogens is 3. The molecule has 1 heterocycles. The highest BCUT2D eigenvalue weighted by atomic mass is 32.2. The summed E-state index contributed by atoms with van der Waals surface area (Å²) in [6.07, 6.45) is -0.686. The zero-order valence-electron chi connectivity index (χ0n) is 20.4. The molecule has 38 heavy (non-hydrogen) atoms. The van der Waals surface area contributed by atoms with Crippen LogP contribution in [0.25, 0.3) is 0 Å². The van der Waals surface area contributed by atoms with E-state index in [1.165, 1.54) is 6.21 Å². The van der Waals surface area contributed by atoms with Crippen molar-refractivity contribution in [2.45, 2.75) is 25.1 Å². The van der Waals surface area contributed by atoms with Crippen LogP contribution in [-0.4, -0.2) is 65.1 Å². The predicted molar refractivity (Wildman–Crippen MR) is 133 cm³/mol. The molecule has 1 aliphatic heterocycles. The van der Waals surface area contributed by atoms with Crippen LogP contribution in [0.2, 0.25) is 0 Å². The molecule has 0 bridgehead atoms. The van der Waals surface area contributed by atoms with Crippen LogP contribution in [0.5, 0.6) is 5.75 Å². The van der Waals surface area contributed by atoms with Gasteiger partial charge in [0.25, 0.3) is 11.8 Å². The fraction of sp³-hybridized carbons (Fsp3) is 0.375. The topological polar surface area (TPSA) is 126 Å². The Hall–Kier alpha value is -3.65. The molecule has 0 saturated carbocycles. The standard InChI is InChI=1S/C24H27F3N4O6S/c1-38(34,35)31(19-5-2-4-18(12-19)24(25,26)27)15-22(32)30-29-13-17-7-9-20(10-8-17)37-16-23(33)28-14-21-6-3-11-36-21/h2,4-5,7-10,12-13,21H,3,6,11,14-16H2,1H3,(H,28,33)(H,30,32)/b29-13-/t21-/m1/s1. The molecule has 0 unspecified atom stereocenters. The summed E-state index contributed by atoms with van der Waals surface area (Å²) in [6, 6.07) is 10.1. The molecule has 1 aliphatic rings. The highest BCUT2D eigenvalue weighted by molar-refractivity contribution is 7.92. The van der Waals surface area contributed by atoms with E-state index in [4.69, 9.17) is 9.47 Å². The van der Waals surface area contributed by atoms with E-state index in [0.29, 0.717) is 34.8 Å². The number of nitrogens with zero attached hydrogens (tertiary/aromatic N) is 2. The Kier molecular flexibility index (Phi) is 9.69. The molecule has 1 fully saturated rings. The molecule has 1 atom stereocenters. The zero-order chi connectivity index (χ0) is 27.8. The normalized spacial score (nSPS) is 15.8. The highest BCUT2D eigenvalue weighted by Crippen LogP contribution is 2.32. The summed E-state index contributed by atoms with van der Waals surface area (Å²) in [6.45, 7) is 0.193. The SMILES string of the molecule is CS(=O)(=O)N(CC(=O)N/N=C\c1ccc(OCC(=O)NC[C@H]2CCCO2)cc1)c1cccc(C(F)(F)F)c1. The fourth-order valence-electron chi connectivity index (χ4n) is 3.47. The molecule has 1 saturated heterocycles. The summed E-state index contributed by atoms with van der Waals surface area (Å²) in [5.41, 5.74) is 1.35. The number of hydrogen-bond donors (Lipinski definition) is 2. The van der Waals surface area contributed by atoms with Gasteiger partial charge in [0.2, 0.25) is 10.0 Å². The first-order valence-corrected chi connectivity index (χ1v) is 13.3. The average molecular weight is 557 g/mol. The third kappa shape index (κ3) is 9.03. The number of ether oxygens (including phenoxy) is 2. The van der Waals surface area contributed by atoms with Crippen LogP contribution in [0.1, 0.15) is 24.0 Å². The van der Waals surface area contributed by atoms with Crippen LogP contribution < -0.4 is 19.8 Å². The van der Waals surface area contributed by atoms with Crippen molar-refractivity contribution in [1.29, 1.82) is 0 Å². The van der Waals surface area contributed by atoms with Gasteiger partial charge in [-0.25, -0.2) is 13.8 Å². The summed E-state index contributed by atoms with van der Waals surface area (Å²) in [5, 5.41) is 6.50. The van der Waals surface area contributed by atoms with Crippen molar-refractivity contribution >= 4 is 33.7 Å². The molecule has 2 aromatic rings. The zero-order valence-corrected chi connectivity index (χ0v) is 21.2. The Labute approximate surface area is 217 Å². The van der Waals surface area contributed by atoms with Crippen LogP contribution in [0.4, 0.5) is 18.9 Å². The van der Waals surface area contributed by atoms with Crippen molar-refractivity contribution in [1.82, 2.24) is 10.7 Å². The number of hydrogen-bond acceptors (Lipinski definition) is 7. The maximum absolute atomic E-state index is 13.0. The molecule has 2 amide bonds. The van der Waals surface area contributed by atoms with E-state index >= 15 is 0 Å². The number of carbonyl (C=O) groups excluding carboxylic acids is 2. The predicted octanol–water partition coefficient (Wildman–Crippen LogP) is 2.30. The maximum Gasteiger partial charge on any atom is 0.416 e. The van der Waals surface area contributed by atoms with Crippen molar-refractivity contribution < 1.29 is 40.7 Å². The number of nitrogens with one attached hydrogen (secondary N) is 2. The monoisotopic (exact) mass is 556 g/mol. The number of anilines is 1. The maximum atomic E-state index is 13.0. The van der Waals surface area contributed by atoms with E-state index in [-0.39, 0.29) is 24.3 Å². The number of amides is 2. The minimum absolute atomic E-state index is 0.0352. The van der Waals surface area contributed by atoms with Gasteiger partial charge in [-0.05, 0) is 60.9 Å². The van der Waals surface area contributed by atoms with Gasteiger partial charge in [0, 0.05) is 13.2 Å². The molecule has 10 nitrogen and oxygen atoms in total. The second-order valence-corrected chi connectivity index (χ2v) is 10.3. The number of alkyl halides is 3. The van der Waals surface area contributed by atoms with Gasteiger partial charge in [-0.2, -0.15) is 18.3 Å². The Bertz CT molecular complexity index is 1250. The summed E-state index contributed by atoms with van der Waals surface area (Å²) in [4.78, 5) is 24.2. The third-order valence-corrected chi connectivity index (χ3v) is 6.49. The number of sulfonamides is 1. The smallest absolute Gasteiger partial charge is 0.416 e. The van der Waals surface area contributed by atoms with Crippen LogP contribution in [0.15, 0.2) is 53.6 Å². The third-order valence-electron chi connectivity index (χ3n) is 5.35. The molecule has 2 aromatic carbocycles. The Morgan fingerprint density at radius 2 is 1.92 bits per heavy atom. The van der Waals surface area contributed by atoms with Crippen LogP contribution in [0.3, 0.4) is 0 Å². The molecular weight excluding hydrogens is 529 g/mol. The number of benzene rings is 2. The van der Waals surface area contributed by atoms with E-state index < -0.39 is 34.2 Å². The van der Waals surface area contributed by atoms with E-state index in [2.05, 4.69) is 15.8 Å². The quantitative estimate of drug-likeness (QED) is 0.323. The summed E-state index contributed by atoms with van der Waals surface area (Å²) in [7, 11) is -4.07. The van der Waals surface area contributed by atoms with E-state index in [9.17, 15) is 31.2 Å². The van der Waals surface area contributed by atoms with Gasteiger partial charge < -0.3 is 14.8 Å². The summed E-state index contributed by atoms with van der Waals surface area (Å²) >= 11 is 0. The first-order valence-electron chi connectivity index (χ1n) is 11.5. The van der Waals surface area contributed by atoms with Gasteiger partial charge in [0.15, 0.2) is 6.61 Å². The number of hydrazone groups is 1. The molecular formula is C24H27F3N4O6S. The Morgan fingerprint density at radius 3 is 2.55 bits per heavy atom. The summed E-state index contributed by atoms with van der Waals surface area (Å²) in [5.74, 6) is -0.705. The summed E-state index contributed by atoms with van der Waals surface area (Å²) < 4.78 is 74.7.